The van der Waals surface area contributed by atoms with Crippen molar-refractivity contribution in [2.24, 2.45) is 11.8 Å². The topological polar surface area (TPSA) is 17.1 Å². The van der Waals surface area contributed by atoms with Gasteiger partial charge in [-0.05, 0) is 37.8 Å². The lowest BCUT2D eigenvalue weighted by Crippen LogP contribution is -2.08. The molecule has 0 aliphatic heterocycles. The van der Waals surface area contributed by atoms with Crippen molar-refractivity contribution in [3.8, 4) is 0 Å². The fraction of sp³-hybridized carbons (Fsp3) is 0.583. The minimum atomic E-state index is 0.202. The molecule has 0 aromatic carbocycles. The minimum absolute atomic E-state index is 0.202. The Bertz CT molecular complexity index is 288. The normalized spacial score (nSPS) is 13.1. The molecule has 14 heavy (non-hydrogen) atoms. The molecule has 2 heteroatoms. The number of aldehydes is 1. The Morgan fingerprint density at radius 1 is 1.43 bits per heavy atom. The fourth-order valence-corrected chi connectivity index (χ4v) is 2.63. The Morgan fingerprint density at radius 3 is 2.57 bits per heavy atom. The first-order valence-corrected chi connectivity index (χ1v) is 5.94. The Morgan fingerprint density at radius 2 is 2.14 bits per heavy atom. The summed E-state index contributed by atoms with van der Waals surface area (Å²) in [4.78, 5) is 13.5. The molecule has 0 radical (unpaired) electrons. The van der Waals surface area contributed by atoms with Gasteiger partial charge in [0.05, 0.1) is 0 Å². The maximum Gasteiger partial charge on any atom is 0.123 e. The van der Waals surface area contributed by atoms with E-state index in [1.807, 2.05) is 0 Å². The van der Waals surface area contributed by atoms with Crippen LogP contribution in [0, 0.1) is 18.8 Å². The molecular formula is C12H18OS. The van der Waals surface area contributed by atoms with E-state index in [4.69, 9.17) is 0 Å². The molecule has 0 aliphatic carbocycles. The molecule has 0 N–H and O–H groups in total. The molecule has 0 fully saturated rings. The van der Waals surface area contributed by atoms with Gasteiger partial charge in [0.1, 0.15) is 6.29 Å². The summed E-state index contributed by atoms with van der Waals surface area (Å²) in [7, 11) is 0. The van der Waals surface area contributed by atoms with Gasteiger partial charge < -0.3 is 4.79 Å². The second-order valence-electron chi connectivity index (χ2n) is 4.24. The van der Waals surface area contributed by atoms with Gasteiger partial charge in [-0.1, -0.05) is 13.8 Å². The standard InChI is InChI=1S/C12H18OS/c1-9(2)6-11(8-13)7-12-5-4-10(3)14-12/h4-5,8-9,11H,6-7H2,1-3H3. The summed E-state index contributed by atoms with van der Waals surface area (Å²) < 4.78 is 0. The average Bonchev–Trinajstić information content (AvgIpc) is 2.49. The highest BCUT2D eigenvalue weighted by molar-refractivity contribution is 7.11. The molecule has 1 nitrogen and oxygen atoms in total. The van der Waals surface area contributed by atoms with Crippen molar-refractivity contribution in [1.82, 2.24) is 0 Å². The molecule has 0 spiro atoms. The van der Waals surface area contributed by atoms with Crippen LogP contribution in [0.15, 0.2) is 12.1 Å². The SMILES string of the molecule is Cc1ccc(CC(C=O)CC(C)C)s1. The summed E-state index contributed by atoms with van der Waals surface area (Å²) in [5.74, 6) is 0.805. The van der Waals surface area contributed by atoms with Crippen LogP contribution in [-0.4, -0.2) is 6.29 Å². The summed E-state index contributed by atoms with van der Waals surface area (Å²) in [5.41, 5.74) is 0. The van der Waals surface area contributed by atoms with Gasteiger partial charge in [-0.15, -0.1) is 11.3 Å². The van der Waals surface area contributed by atoms with Crippen LogP contribution in [0.3, 0.4) is 0 Å². The number of carbonyl (C=O) groups excluding carboxylic acids is 1. The Hall–Kier alpha value is -0.630. The third-order valence-corrected chi connectivity index (χ3v) is 3.25. The number of thiophene rings is 1. The highest BCUT2D eigenvalue weighted by Gasteiger charge is 2.11. The molecular weight excluding hydrogens is 192 g/mol. The lowest BCUT2D eigenvalue weighted by molar-refractivity contribution is -0.111. The summed E-state index contributed by atoms with van der Waals surface area (Å²) >= 11 is 1.80. The van der Waals surface area contributed by atoms with Crippen LogP contribution in [0.25, 0.3) is 0 Å². The molecule has 1 rings (SSSR count). The van der Waals surface area contributed by atoms with E-state index in [0.29, 0.717) is 5.92 Å². The molecule has 0 bridgehead atoms. The van der Waals surface area contributed by atoms with Crippen LogP contribution < -0.4 is 0 Å². The van der Waals surface area contributed by atoms with Gasteiger partial charge in [0.15, 0.2) is 0 Å². The van der Waals surface area contributed by atoms with Gasteiger partial charge in [0.2, 0.25) is 0 Å². The predicted molar refractivity (Wildman–Crippen MR) is 61.8 cm³/mol. The lowest BCUT2D eigenvalue weighted by Gasteiger charge is -2.11. The largest absolute Gasteiger partial charge is 0.303 e. The van der Waals surface area contributed by atoms with Gasteiger partial charge >= 0.3 is 0 Å². The van der Waals surface area contributed by atoms with Crippen molar-refractivity contribution in [3.63, 3.8) is 0 Å². The zero-order valence-electron chi connectivity index (χ0n) is 9.12. The molecule has 0 saturated carbocycles. The van der Waals surface area contributed by atoms with Gasteiger partial charge in [-0.2, -0.15) is 0 Å². The van der Waals surface area contributed by atoms with Crippen LogP contribution in [0.4, 0.5) is 0 Å². The first-order chi connectivity index (χ1) is 6.61. The number of rotatable bonds is 5. The zero-order chi connectivity index (χ0) is 10.6. The van der Waals surface area contributed by atoms with E-state index in [1.54, 1.807) is 11.3 Å². The van der Waals surface area contributed by atoms with E-state index in [-0.39, 0.29) is 5.92 Å². The monoisotopic (exact) mass is 210 g/mol. The smallest absolute Gasteiger partial charge is 0.123 e. The van der Waals surface area contributed by atoms with E-state index in [1.165, 1.54) is 9.75 Å². The van der Waals surface area contributed by atoms with Crippen LogP contribution in [0.5, 0.6) is 0 Å². The summed E-state index contributed by atoms with van der Waals surface area (Å²) in [5, 5.41) is 0. The predicted octanol–water partition coefficient (Wildman–Crippen LogP) is 3.46. The van der Waals surface area contributed by atoms with Crippen molar-refractivity contribution in [1.29, 1.82) is 0 Å². The number of aryl methyl sites for hydroxylation is 1. The van der Waals surface area contributed by atoms with Crippen molar-refractivity contribution in [2.75, 3.05) is 0 Å². The Kier molecular flexibility index (Phi) is 4.33. The van der Waals surface area contributed by atoms with E-state index in [9.17, 15) is 4.79 Å². The zero-order valence-corrected chi connectivity index (χ0v) is 9.93. The Labute approximate surface area is 90.2 Å². The second-order valence-corrected chi connectivity index (χ2v) is 5.61. The molecule has 1 heterocycles. The highest BCUT2D eigenvalue weighted by Crippen LogP contribution is 2.21. The van der Waals surface area contributed by atoms with Crippen molar-refractivity contribution < 1.29 is 4.79 Å². The molecule has 0 amide bonds. The van der Waals surface area contributed by atoms with Gasteiger partial charge in [0.25, 0.3) is 0 Å². The number of carbonyl (C=O) groups is 1. The van der Waals surface area contributed by atoms with Crippen LogP contribution in [0.2, 0.25) is 0 Å². The summed E-state index contributed by atoms with van der Waals surface area (Å²) in [6.45, 7) is 6.43. The van der Waals surface area contributed by atoms with Crippen LogP contribution in [-0.2, 0) is 11.2 Å². The number of hydrogen-bond donors (Lipinski definition) is 0. The fourth-order valence-electron chi connectivity index (χ4n) is 1.65. The minimum Gasteiger partial charge on any atom is -0.303 e. The first-order valence-electron chi connectivity index (χ1n) is 5.12. The van der Waals surface area contributed by atoms with Gasteiger partial charge in [0, 0.05) is 15.7 Å². The quantitative estimate of drug-likeness (QED) is 0.680. The van der Waals surface area contributed by atoms with E-state index >= 15 is 0 Å². The molecule has 0 aliphatic rings. The van der Waals surface area contributed by atoms with E-state index < -0.39 is 0 Å². The van der Waals surface area contributed by atoms with E-state index in [2.05, 4.69) is 32.9 Å². The average molecular weight is 210 g/mol. The molecule has 1 unspecified atom stereocenters. The van der Waals surface area contributed by atoms with Crippen LogP contribution in [0.1, 0.15) is 30.0 Å². The summed E-state index contributed by atoms with van der Waals surface area (Å²) in [6, 6.07) is 4.26. The van der Waals surface area contributed by atoms with Gasteiger partial charge in [-0.3, -0.25) is 0 Å². The molecule has 1 atom stereocenters. The Balaban J connectivity index is 2.52. The van der Waals surface area contributed by atoms with Crippen LogP contribution >= 0.6 is 11.3 Å². The van der Waals surface area contributed by atoms with Crippen molar-refractivity contribution >= 4 is 17.6 Å². The third kappa shape index (κ3) is 3.62. The van der Waals surface area contributed by atoms with E-state index in [0.717, 1.165) is 19.1 Å². The highest BCUT2D eigenvalue weighted by atomic mass is 32.1. The first kappa shape index (κ1) is 11.4. The van der Waals surface area contributed by atoms with Crippen molar-refractivity contribution in [2.45, 2.75) is 33.6 Å². The second kappa shape index (κ2) is 5.30. The maximum atomic E-state index is 10.9. The van der Waals surface area contributed by atoms with Crippen molar-refractivity contribution in [3.05, 3.63) is 21.9 Å². The molecule has 1 aromatic heterocycles. The summed E-state index contributed by atoms with van der Waals surface area (Å²) in [6.07, 6.45) is 3.02. The molecule has 0 saturated heterocycles. The number of hydrogen-bond acceptors (Lipinski definition) is 2. The van der Waals surface area contributed by atoms with Gasteiger partial charge in [-0.25, -0.2) is 0 Å². The maximum absolute atomic E-state index is 10.9. The molecule has 78 valence electrons. The third-order valence-electron chi connectivity index (χ3n) is 2.23. The molecule has 1 aromatic rings. The lowest BCUT2D eigenvalue weighted by atomic mass is 9.95.